The Morgan fingerprint density at radius 2 is 1.18 bits per heavy atom. The number of nitrogens with zero attached hydrogens (tertiary/aromatic N) is 1. The van der Waals surface area contributed by atoms with Crippen molar-refractivity contribution in [2.75, 3.05) is 13.1 Å². The van der Waals surface area contributed by atoms with Crippen LogP contribution in [0.2, 0.25) is 0 Å². The minimum atomic E-state index is 0.637. The Kier molecular flexibility index (Phi) is 13.7. The van der Waals surface area contributed by atoms with Crippen LogP contribution >= 0.6 is 0 Å². The van der Waals surface area contributed by atoms with Gasteiger partial charge in [0.15, 0.2) is 0 Å². The molecule has 0 aromatic carbocycles. The van der Waals surface area contributed by atoms with E-state index in [1.54, 1.807) is 0 Å². The van der Waals surface area contributed by atoms with Crippen molar-refractivity contribution in [2.24, 2.45) is 0 Å². The van der Waals surface area contributed by atoms with Gasteiger partial charge in [0.05, 0.1) is 0 Å². The highest BCUT2D eigenvalue weighted by molar-refractivity contribution is 4.99. The van der Waals surface area contributed by atoms with Gasteiger partial charge in [0.1, 0.15) is 0 Å². The molecule has 0 fully saturated rings. The Labute approximate surface area is 140 Å². The van der Waals surface area contributed by atoms with Crippen molar-refractivity contribution in [3.8, 4) is 0 Å². The minimum Gasteiger partial charge on any atom is -0.293 e. The molecular weight excluding hydrogens is 266 g/mol. The summed E-state index contributed by atoms with van der Waals surface area (Å²) in [5, 5.41) is 0. The van der Waals surface area contributed by atoms with E-state index in [2.05, 4.69) is 45.8 Å². The van der Waals surface area contributed by atoms with Crippen molar-refractivity contribution in [2.45, 2.75) is 97.9 Å². The molecule has 0 saturated carbocycles. The zero-order valence-corrected chi connectivity index (χ0v) is 15.9. The van der Waals surface area contributed by atoms with Gasteiger partial charge in [0, 0.05) is 19.1 Å². The fourth-order valence-electron chi connectivity index (χ4n) is 2.99. The highest BCUT2D eigenvalue weighted by Gasteiger charge is 2.13. The summed E-state index contributed by atoms with van der Waals surface area (Å²) in [5.41, 5.74) is 2.50. The molecule has 1 unspecified atom stereocenters. The summed E-state index contributed by atoms with van der Waals surface area (Å²) in [4.78, 5) is 2.52. The third-order valence-corrected chi connectivity index (χ3v) is 4.29. The molecule has 0 amide bonds. The SMILES string of the molecule is C=C(C)CN(CC(=C)C)C(C)CCCCCCCCCCC. The molecule has 1 nitrogen and oxygen atoms in total. The van der Waals surface area contributed by atoms with Crippen LogP contribution in [0.5, 0.6) is 0 Å². The van der Waals surface area contributed by atoms with Gasteiger partial charge < -0.3 is 0 Å². The number of unbranched alkanes of at least 4 members (excludes halogenated alkanes) is 8. The molecule has 0 aliphatic heterocycles. The van der Waals surface area contributed by atoms with Gasteiger partial charge in [-0.2, -0.15) is 0 Å². The van der Waals surface area contributed by atoms with E-state index in [0.717, 1.165) is 13.1 Å². The van der Waals surface area contributed by atoms with Crippen LogP contribution in [0.3, 0.4) is 0 Å². The van der Waals surface area contributed by atoms with E-state index in [9.17, 15) is 0 Å². The molecule has 0 radical (unpaired) electrons. The largest absolute Gasteiger partial charge is 0.293 e. The molecule has 0 rings (SSSR count). The summed E-state index contributed by atoms with van der Waals surface area (Å²) in [5.74, 6) is 0. The van der Waals surface area contributed by atoms with Crippen molar-refractivity contribution in [3.05, 3.63) is 24.3 Å². The predicted octanol–water partition coefficient (Wildman–Crippen LogP) is 6.75. The molecule has 22 heavy (non-hydrogen) atoms. The highest BCUT2D eigenvalue weighted by Crippen LogP contribution is 2.15. The van der Waals surface area contributed by atoms with E-state index < -0.39 is 0 Å². The molecule has 0 heterocycles. The molecule has 0 spiro atoms. The highest BCUT2D eigenvalue weighted by atomic mass is 15.1. The van der Waals surface area contributed by atoms with Gasteiger partial charge in [-0.05, 0) is 27.2 Å². The third-order valence-electron chi connectivity index (χ3n) is 4.29. The fraction of sp³-hybridized carbons (Fsp3) is 0.810. The fourth-order valence-corrected chi connectivity index (χ4v) is 2.99. The lowest BCUT2D eigenvalue weighted by atomic mass is 10.0. The standard InChI is InChI=1S/C21H41N/c1-7-8-9-10-11-12-13-14-15-16-21(6)22(17-19(2)3)18-20(4)5/h21H,2,4,7-18H2,1,3,5-6H3. The van der Waals surface area contributed by atoms with Crippen molar-refractivity contribution in [1.82, 2.24) is 4.90 Å². The van der Waals surface area contributed by atoms with Gasteiger partial charge >= 0.3 is 0 Å². The minimum absolute atomic E-state index is 0.637. The van der Waals surface area contributed by atoms with Gasteiger partial charge in [-0.3, -0.25) is 4.90 Å². The van der Waals surface area contributed by atoms with Crippen LogP contribution in [0.4, 0.5) is 0 Å². The zero-order chi connectivity index (χ0) is 16.8. The predicted molar refractivity (Wildman–Crippen MR) is 103 cm³/mol. The van der Waals surface area contributed by atoms with Gasteiger partial charge in [-0.15, -0.1) is 0 Å². The Morgan fingerprint density at radius 1 is 0.773 bits per heavy atom. The zero-order valence-electron chi connectivity index (χ0n) is 15.9. The average Bonchev–Trinajstić information content (AvgIpc) is 2.43. The van der Waals surface area contributed by atoms with E-state index in [-0.39, 0.29) is 0 Å². The average molecular weight is 308 g/mol. The Hall–Kier alpha value is -0.560. The molecule has 0 aromatic rings. The van der Waals surface area contributed by atoms with Crippen LogP contribution in [0.1, 0.15) is 91.9 Å². The molecular formula is C21H41N. The Morgan fingerprint density at radius 3 is 1.59 bits per heavy atom. The van der Waals surface area contributed by atoms with Gasteiger partial charge in [0.2, 0.25) is 0 Å². The van der Waals surface area contributed by atoms with Crippen molar-refractivity contribution < 1.29 is 0 Å². The van der Waals surface area contributed by atoms with Gasteiger partial charge in [-0.25, -0.2) is 0 Å². The molecule has 0 saturated heterocycles. The molecule has 130 valence electrons. The van der Waals surface area contributed by atoms with E-state index >= 15 is 0 Å². The van der Waals surface area contributed by atoms with E-state index in [4.69, 9.17) is 0 Å². The first-order valence-corrected chi connectivity index (χ1v) is 9.50. The quantitative estimate of drug-likeness (QED) is 0.239. The Bertz CT molecular complexity index is 276. The molecule has 0 aromatic heterocycles. The van der Waals surface area contributed by atoms with Crippen LogP contribution < -0.4 is 0 Å². The van der Waals surface area contributed by atoms with Gasteiger partial charge in [-0.1, -0.05) is 89.0 Å². The number of hydrogen-bond donors (Lipinski definition) is 0. The van der Waals surface area contributed by atoms with Crippen LogP contribution in [0.15, 0.2) is 24.3 Å². The first-order chi connectivity index (χ1) is 10.5. The first kappa shape index (κ1) is 21.4. The maximum absolute atomic E-state index is 4.06. The second-order valence-electron chi connectivity index (χ2n) is 7.29. The molecule has 0 aliphatic rings. The lowest BCUT2D eigenvalue weighted by Crippen LogP contribution is -2.35. The van der Waals surface area contributed by atoms with E-state index in [1.807, 2.05) is 0 Å². The summed E-state index contributed by atoms with van der Waals surface area (Å²) in [6.45, 7) is 19.0. The number of rotatable bonds is 15. The van der Waals surface area contributed by atoms with Crippen LogP contribution in [-0.4, -0.2) is 24.0 Å². The summed E-state index contributed by atoms with van der Waals surface area (Å²) < 4.78 is 0. The molecule has 1 atom stereocenters. The lowest BCUT2D eigenvalue weighted by Gasteiger charge is -2.29. The number of hydrogen-bond acceptors (Lipinski definition) is 1. The second kappa shape index (κ2) is 14.1. The molecule has 0 aliphatic carbocycles. The Balaban J connectivity index is 3.73. The second-order valence-corrected chi connectivity index (χ2v) is 7.29. The lowest BCUT2D eigenvalue weighted by molar-refractivity contribution is 0.230. The third kappa shape index (κ3) is 13.1. The van der Waals surface area contributed by atoms with E-state index in [0.29, 0.717) is 6.04 Å². The molecule has 0 N–H and O–H groups in total. The maximum atomic E-state index is 4.06. The van der Waals surface area contributed by atoms with Crippen LogP contribution in [-0.2, 0) is 0 Å². The topological polar surface area (TPSA) is 3.24 Å². The maximum Gasteiger partial charge on any atom is 0.0193 e. The molecule has 1 heteroatoms. The van der Waals surface area contributed by atoms with Crippen molar-refractivity contribution in [1.29, 1.82) is 0 Å². The van der Waals surface area contributed by atoms with Crippen molar-refractivity contribution in [3.63, 3.8) is 0 Å². The van der Waals surface area contributed by atoms with Crippen LogP contribution in [0, 0.1) is 0 Å². The van der Waals surface area contributed by atoms with Crippen molar-refractivity contribution >= 4 is 0 Å². The summed E-state index contributed by atoms with van der Waals surface area (Å²) in [6.07, 6.45) is 14.0. The monoisotopic (exact) mass is 307 g/mol. The van der Waals surface area contributed by atoms with Gasteiger partial charge in [0.25, 0.3) is 0 Å². The summed E-state index contributed by atoms with van der Waals surface area (Å²) in [6, 6.07) is 0.637. The van der Waals surface area contributed by atoms with Crippen LogP contribution in [0.25, 0.3) is 0 Å². The molecule has 0 bridgehead atoms. The van der Waals surface area contributed by atoms with E-state index in [1.165, 1.54) is 75.4 Å². The normalized spacial score (nSPS) is 12.6. The summed E-state index contributed by atoms with van der Waals surface area (Å²) in [7, 11) is 0. The smallest absolute Gasteiger partial charge is 0.0193 e. The first-order valence-electron chi connectivity index (χ1n) is 9.50. The summed E-state index contributed by atoms with van der Waals surface area (Å²) >= 11 is 0.